The number of ether oxygens (including phenoxy) is 1. The molecule has 0 saturated carbocycles. The Morgan fingerprint density at radius 1 is 1.15 bits per heavy atom. The summed E-state index contributed by atoms with van der Waals surface area (Å²) in [5.41, 5.74) is 1.70. The third-order valence-electron chi connectivity index (χ3n) is 4.00. The topological polar surface area (TPSA) is 119 Å². The Kier molecular flexibility index (Phi) is 5.35. The zero-order chi connectivity index (χ0) is 19.6. The highest BCUT2D eigenvalue weighted by Gasteiger charge is 2.26. The molecular formula is C18H18N2O6. The van der Waals surface area contributed by atoms with Crippen LogP contribution in [0.2, 0.25) is 0 Å². The molecule has 8 nitrogen and oxygen atoms in total. The minimum atomic E-state index is -1.09. The summed E-state index contributed by atoms with van der Waals surface area (Å²) in [7, 11) is 0. The number of nitrogens with one attached hydrogen (secondary N) is 1. The predicted octanol–water partition coefficient (Wildman–Crippen LogP) is 3.17. The molecule has 0 aliphatic carbocycles. The fraction of sp³-hybridized carbons (Fsp3) is 0.278. The number of Topliss-reactive ketones (excluding diaryl/α,β-unsaturated/α-hetero) is 2. The van der Waals surface area contributed by atoms with Crippen molar-refractivity contribution >= 4 is 23.2 Å². The largest absolute Gasteiger partial charge is 0.451 e. The van der Waals surface area contributed by atoms with Crippen molar-refractivity contribution in [2.24, 2.45) is 0 Å². The molecule has 1 unspecified atom stereocenters. The van der Waals surface area contributed by atoms with Crippen molar-refractivity contribution in [1.29, 1.82) is 0 Å². The van der Waals surface area contributed by atoms with Crippen LogP contribution >= 0.6 is 0 Å². The lowest BCUT2D eigenvalue weighted by Crippen LogP contribution is -2.25. The number of esters is 1. The fourth-order valence-electron chi connectivity index (χ4n) is 2.73. The molecule has 0 aliphatic heterocycles. The van der Waals surface area contributed by atoms with Crippen LogP contribution in [0.3, 0.4) is 0 Å². The number of carbonyl (C=O) groups is 3. The fourth-order valence-corrected chi connectivity index (χ4v) is 2.73. The van der Waals surface area contributed by atoms with Crippen LogP contribution in [0.4, 0.5) is 5.69 Å². The van der Waals surface area contributed by atoms with E-state index in [4.69, 9.17) is 4.74 Å². The number of rotatable bonds is 6. The Morgan fingerprint density at radius 3 is 2.19 bits per heavy atom. The molecule has 1 N–H and O–H groups in total. The zero-order valence-corrected chi connectivity index (χ0v) is 14.8. The van der Waals surface area contributed by atoms with E-state index in [2.05, 4.69) is 4.98 Å². The predicted molar refractivity (Wildman–Crippen MR) is 92.6 cm³/mol. The van der Waals surface area contributed by atoms with Crippen molar-refractivity contribution in [3.63, 3.8) is 0 Å². The Hall–Kier alpha value is -3.29. The molecule has 0 bridgehead atoms. The van der Waals surface area contributed by atoms with E-state index in [1.165, 1.54) is 38.1 Å². The first kappa shape index (κ1) is 19.0. The standard InChI is InChI=1S/C18H18N2O6/c1-9-15(11(3)21)10(2)19-16(9)17(22)12(4)26-18(23)13-5-7-14(8-6-13)20(24)25/h5-8,12,19H,1-4H3. The van der Waals surface area contributed by atoms with Gasteiger partial charge in [0.2, 0.25) is 5.78 Å². The van der Waals surface area contributed by atoms with Gasteiger partial charge in [-0.2, -0.15) is 0 Å². The summed E-state index contributed by atoms with van der Waals surface area (Å²) in [6.45, 7) is 6.18. The van der Waals surface area contributed by atoms with Gasteiger partial charge in [0.25, 0.3) is 5.69 Å². The highest BCUT2D eigenvalue weighted by Crippen LogP contribution is 2.21. The van der Waals surface area contributed by atoms with Crippen molar-refractivity contribution in [3.8, 4) is 0 Å². The van der Waals surface area contributed by atoms with Gasteiger partial charge in [-0.25, -0.2) is 4.79 Å². The lowest BCUT2D eigenvalue weighted by molar-refractivity contribution is -0.384. The monoisotopic (exact) mass is 358 g/mol. The van der Waals surface area contributed by atoms with E-state index < -0.39 is 22.8 Å². The molecule has 1 aromatic carbocycles. The van der Waals surface area contributed by atoms with Gasteiger partial charge >= 0.3 is 5.97 Å². The Morgan fingerprint density at radius 2 is 1.73 bits per heavy atom. The van der Waals surface area contributed by atoms with E-state index in [0.717, 1.165) is 0 Å². The van der Waals surface area contributed by atoms with Crippen LogP contribution in [0.1, 0.15) is 56.3 Å². The lowest BCUT2D eigenvalue weighted by Gasteiger charge is -2.12. The summed E-state index contributed by atoms with van der Waals surface area (Å²) < 4.78 is 5.15. The number of non-ortho nitro benzene ring substituents is 1. The van der Waals surface area contributed by atoms with Gasteiger partial charge in [0.15, 0.2) is 11.9 Å². The van der Waals surface area contributed by atoms with Crippen LogP contribution in [-0.4, -0.2) is 33.5 Å². The van der Waals surface area contributed by atoms with Gasteiger partial charge in [-0.15, -0.1) is 0 Å². The van der Waals surface area contributed by atoms with E-state index >= 15 is 0 Å². The second kappa shape index (κ2) is 7.30. The van der Waals surface area contributed by atoms with Gasteiger partial charge in [-0.05, 0) is 45.4 Å². The summed E-state index contributed by atoms with van der Waals surface area (Å²) in [6.07, 6.45) is -1.09. The number of benzene rings is 1. The lowest BCUT2D eigenvalue weighted by atomic mass is 10.0. The molecule has 1 aromatic heterocycles. The third-order valence-corrected chi connectivity index (χ3v) is 4.00. The maximum atomic E-state index is 12.6. The molecule has 136 valence electrons. The quantitative estimate of drug-likeness (QED) is 0.366. The smallest absolute Gasteiger partial charge is 0.338 e. The Labute approximate surface area is 149 Å². The maximum Gasteiger partial charge on any atom is 0.338 e. The van der Waals surface area contributed by atoms with Crippen molar-refractivity contribution in [1.82, 2.24) is 4.98 Å². The number of nitro benzene ring substituents is 1. The average molecular weight is 358 g/mol. The van der Waals surface area contributed by atoms with Gasteiger partial charge in [-0.1, -0.05) is 0 Å². The first-order valence-electron chi connectivity index (χ1n) is 7.83. The van der Waals surface area contributed by atoms with E-state index in [9.17, 15) is 24.5 Å². The first-order valence-corrected chi connectivity index (χ1v) is 7.83. The molecule has 0 amide bonds. The van der Waals surface area contributed by atoms with Crippen molar-refractivity contribution in [2.45, 2.75) is 33.8 Å². The van der Waals surface area contributed by atoms with Crippen molar-refractivity contribution in [3.05, 3.63) is 62.5 Å². The zero-order valence-electron chi connectivity index (χ0n) is 14.8. The molecule has 0 radical (unpaired) electrons. The van der Waals surface area contributed by atoms with Gasteiger partial charge in [0.1, 0.15) is 0 Å². The molecule has 0 spiro atoms. The van der Waals surface area contributed by atoms with Gasteiger partial charge in [-0.3, -0.25) is 19.7 Å². The van der Waals surface area contributed by atoms with E-state index in [1.807, 2.05) is 0 Å². The highest BCUT2D eigenvalue weighted by molar-refractivity contribution is 6.05. The molecule has 1 heterocycles. The summed E-state index contributed by atoms with van der Waals surface area (Å²) in [4.78, 5) is 49.3. The molecular weight excluding hydrogens is 340 g/mol. The van der Waals surface area contributed by atoms with E-state index in [1.54, 1.807) is 13.8 Å². The molecule has 2 rings (SSSR count). The number of H-pyrrole nitrogens is 1. The summed E-state index contributed by atoms with van der Waals surface area (Å²) in [5.74, 6) is -1.40. The van der Waals surface area contributed by atoms with Crippen LogP contribution in [0.15, 0.2) is 24.3 Å². The number of aryl methyl sites for hydroxylation is 1. The average Bonchev–Trinajstić information content (AvgIpc) is 2.88. The highest BCUT2D eigenvalue weighted by atomic mass is 16.6. The number of nitro groups is 1. The number of nitrogens with zero attached hydrogens (tertiary/aromatic N) is 1. The third kappa shape index (κ3) is 3.69. The van der Waals surface area contributed by atoms with Crippen LogP contribution in [0.5, 0.6) is 0 Å². The molecule has 26 heavy (non-hydrogen) atoms. The number of ketones is 2. The molecule has 0 fully saturated rings. The second-order valence-electron chi connectivity index (χ2n) is 5.90. The normalized spacial score (nSPS) is 11.7. The second-order valence-corrected chi connectivity index (χ2v) is 5.90. The number of aromatic amines is 1. The first-order chi connectivity index (χ1) is 12.1. The van der Waals surface area contributed by atoms with Gasteiger partial charge in [0.05, 0.1) is 16.2 Å². The minimum Gasteiger partial charge on any atom is -0.451 e. The SMILES string of the molecule is CC(=O)c1c(C)[nH]c(C(=O)C(C)OC(=O)c2ccc([N+](=O)[O-])cc2)c1C. The van der Waals surface area contributed by atoms with Crippen LogP contribution < -0.4 is 0 Å². The molecule has 0 saturated heterocycles. The van der Waals surface area contributed by atoms with Gasteiger partial charge in [0, 0.05) is 23.4 Å². The number of hydrogen-bond acceptors (Lipinski definition) is 6. The molecule has 2 aromatic rings. The Bertz CT molecular complexity index is 895. The van der Waals surface area contributed by atoms with E-state index in [0.29, 0.717) is 16.8 Å². The summed E-state index contributed by atoms with van der Waals surface area (Å²) in [5, 5.41) is 10.6. The van der Waals surface area contributed by atoms with Crippen molar-refractivity contribution in [2.75, 3.05) is 0 Å². The van der Waals surface area contributed by atoms with Crippen molar-refractivity contribution < 1.29 is 24.0 Å². The number of hydrogen-bond donors (Lipinski definition) is 1. The van der Waals surface area contributed by atoms with E-state index in [-0.39, 0.29) is 22.7 Å². The van der Waals surface area contributed by atoms with Crippen LogP contribution in [-0.2, 0) is 4.74 Å². The van der Waals surface area contributed by atoms with Gasteiger partial charge < -0.3 is 9.72 Å². The maximum absolute atomic E-state index is 12.6. The minimum absolute atomic E-state index is 0.0964. The molecule has 0 aliphatic rings. The Balaban J connectivity index is 2.16. The molecule has 1 atom stereocenters. The summed E-state index contributed by atoms with van der Waals surface area (Å²) in [6, 6.07) is 4.88. The summed E-state index contributed by atoms with van der Waals surface area (Å²) >= 11 is 0. The number of carbonyl (C=O) groups excluding carboxylic acids is 3. The van der Waals surface area contributed by atoms with Crippen LogP contribution in [0.25, 0.3) is 0 Å². The molecule has 8 heteroatoms. The van der Waals surface area contributed by atoms with Crippen LogP contribution in [0, 0.1) is 24.0 Å². The number of aromatic nitrogens is 1.